The normalized spacial score (nSPS) is 14.7. The zero-order valence-corrected chi connectivity index (χ0v) is 15.1. The first-order valence-electron chi connectivity index (χ1n) is 8.48. The third-order valence-corrected chi connectivity index (χ3v) is 4.89. The van der Waals surface area contributed by atoms with Gasteiger partial charge < -0.3 is 20.1 Å². The van der Waals surface area contributed by atoms with Gasteiger partial charge in [-0.1, -0.05) is 23.7 Å². The highest BCUT2D eigenvalue weighted by atomic mass is 35.5. The Morgan fingerprint density at radius 2 is 2.00 bits per heavy atom. The molecule has 1 aliphatic heterocycles. The van der Waals surface area contributed by atoms with Crippen molar-refractivity contribution in [2.75, 3.05) is 38.1 Å². The van der Waals surface area contributed by atoms with Crippen molar-refractivity contribution < 1.29 is 4.79 Å². The largest absolute Gasteiger partial charge is 0.353 e. The Bertz CT molecular complexity index is 915. The van der Waals surface area contributed by atoms with E-state index < -0.39 is 0 Å². The second-order valence-electron chi connectivity index (χ2n) is 6.15. The number of pyridine rings is 1. The van der Waals surface area contributed by atoms with Gasteiger partial charge in [-0.05, 0) is 18.2 Å². The molecule has 1 fully saturated rings. The van der Waals surface area contributed by atoms with Crippen LogP contribution in [0.4, 0.5) is 10.6 Å². The Morgan fingerprint density at radius 3 is 2.73 bits per heavy atom. The summed E-state index contributed by atoms with van der Waals surface area (Å²) >= 11 is 6.38. The van der Waals surface area contributed by atoms with Crippen molar-refractivity contribution >= 4 is 34.5 Å². The second kappa shape index (κ2) is 6.84. The minimum absolute atomic E-state index is 0.0447. The molecule has 2 N–H and O–H groups in total. The third kappa shape index (κ3) is 3.06. The van der Waals surface area contributed by atoms with Crippen molar-refractivity contribution in [3.63, 3.8) is 0 Å². The maximum Gasteiger partial charge on any atom is 0.317 e. The van der Waals surface area contributed by atoms with Gasteiger partial charge >= 0.3 is 6.03 Å². The van der Waals surface area contributed by atoms with Crippen LogP contribution < -0.4 is 10.2 Å². The molecule has 0 saturated carbocycles. The molecule has 4 rings (SSSR count). The summed E-state index contributed by atoms with van der Waals surface area (Å²) in [6.45, 7) is 2.76. The number of benzene rings is 1. The number of fused-ring (bicyclic) bond motifs is 1. The van der Waals surface area contributed by atoms with Gasteiger partial charge in [0.2, 0.25) is 0 Å². The molecule has 2 aromatic heterocycles. The SMILES string of the molecule is CNC(=O)N1CCN(c2cc(-c3nc4ccccc4[nH]3)c(Cl)cn2)CC1. The number of halogens is 1. The molecule has 0 unspecified atom stereocenters. The molecule has 0 aliphatic carbocycles. The van der Waals surface area contributed by atoms with E-state index in [2.05, 4.69) is 25.2 Å². The molecule has 0 radical (unpaired) electrons. The molecule has 1 saturated heterocycles. The second-order valence-corrected chi connectivity index (χ2v) is 6.56. The van der Waals surface area contributed by atoms with Crippen LogP contribution in [0.2, 0.25) is 5.02 Å². The quantitative estimate of drug-likeness (QED) is 0.727. The Kier molecular flexibility index (Phi) is 4.38. The molecular formula is C18H19ClN6O. The van der Waals surface area contributed by atoms with Crippen molar-refractivity contribution in [1.82, 2.24) is 25.2 Å². The van der Waals surface area contributed by atoms with E-state index in [9.17, 15) is 4.79 Å². The number of urea groups is 1. The third-order valence-electron chi connectivity index (χ3n) is 4.59. The molecule has 7 nitrogen and oxygen atoms in total. The number of anilines is 1. The van der Waals surface area contributed by atoms with E-state index in [4.69, 9.17) is 11.6 Å². The number of nitrogens with one attached hydrogen (secondary N) is 2. The van der Waals surface area contributed by atoms with Gasteiger partial charge in [-0.3, -0.25) is 0 Å². The number of aromatic nitrogens is 3. The van der Waals surface area contributed by atoms with Crippen LogP contribution in [0.25, 0.3) is 22.4 Å². The number of piperazine rings is 1. The summed E-state index contributed by atoms with van der Waals surface area (Å²) in [5.41, 5.74) is 2.69. The van der Waals surface area contributed by atoms with Crippen molar-refractivity contribution in [2.45, 2.75) is 0 Å². The lowest BCUT2D eigenvalue weighted by Crippen LogP contribution is -2.51. The maximum absolute atomic E-state index is 11.7. The van der Waals surface area contributed by atoms with Crippen LogP contribution in [0.5, 0.6) is 0 Å². The van der Waals surface area contributed by atoms with Gasteiger partial charge in [-0.25, -0.2) is 14.8 Å². The number of rotatable bonds is 2. The van der Waals surface area contributed by atoms with Crippen molar-refractivity contribution in [2.24, 2.45) is 0 Å². The molecule has 0 spiro atoms. The summed E-state index contributed by atoms with van der Waals surface area (Å²) in [5.74, 6) is 1.56. The van der Waals surface area contributed by atoms with Crippen LogP contribution >= 0.6 is 11.6 Å². The van der Waals surface area contributed by atoms with E-state index in [1.54, 1.807) is 18.1 Å². The first-order valence-corrected chi connectivity index (χ1v) is 8.86. The smallest absolute Gasteiger partial charge is 0.317 e. The fourth-order valence-corrected chi connectivity index (χ4v) is 3.35. The zero-order valence-electron chi connectivity index (χ0n) is 14.4. The minimum atomic E-state index is -0.0447. The molecule has 3 heterocycles. The number of hydrogen-bond donors (Lipinski definition) is 2. The molecule has 8 heteroatoms. The van der Waals surface area contributed by atoms with Crippen LogP contribution in [-0.4, -0.2) is 59.1 Å². The topological polar surface area (TPSA) is 77.2 Å². The minimum Gasteiger partial charge on any atom is -0.353 e. The lowest BCUT2D eigenvalue weighted by atomic mass is 10.2. The summed E-state index contributed by atoms with van der Waals surface area (Å²) in [6, 6.07) is 9.78. The molecule has 134 valence electrons. The van der Waals surface area contributed by atoms with Crippen LogP contribution in [0.1, 0.15) is 0 Å². The predicted octanol–water partition coefficient (Wildman–Crippen LogP) is 2.74. The monoisotopic (exact) mass is 370 g/mol. The first-order chi connectivity index (χ1) is 12.7. The van der Waals surface area contributed by atoms with Gasteiger partial charge in [0, 0.05) is 45.0 Å². The molecule has 1 aromatic carbocycles. The Balaban J connectivity index is 1.60. The number of para-hydroxylation sites is 2. The number of amides is 2. The number of imidazole rings is 1. The predicted molar refractivity (Wildman–Crippen MR) is 103 cm³/mol. The van der Waals surface area contributed by atoms with Gasteiger partial charge in [0.25, 0.3) is 0 Å². The summed E-state index contributed by atoms with van der Waals surface area (Å²) in [6.07, 6.45) is 1.66. The molecule has 3 aromatic rings. The highest BCUT2D eigenvalue weighted by Gasteiger charge is 2.22. The van der Waals surface area contributed by atoms with Gasteiger partial charge in [0.05, 0.1) is 16.1 Å². The van der Waals surface area contributed by atoms with Gasteiger partial charge in [-0.2, -0.15) is 0 Å². The van der Waals surface area contributed by atoms with E-state index in [1.807, 2.05) is 30.3 Å². The molecule has 2 amide bonds. The molecule has 1 aliphatic rings. The van der Waals surface area contributed by atoms with Crippen molar-refractivity contribution in [1.29, 1.82) is 0 Å². The number of carbonyl (C=O) groups excluding carboxylic acids is 1. The Labute approximate surface area is 156 Å². The molecular weight excluding hydrogens is 352 g/mol. The summed E-state index contributed by atoms with van der Waals surface area (Å²) < 4.78 is 0. The van der Waals surface area contributed by atoms with Crippen LogP contribution in [0.3, 0.4) is 0 Å². The number of nitrogens with zero attached hydrogens (tertiary/aromatic N) is 4. The average Bonchev–Trinajstić information content (AvgIpc) is 3.12. The van der Waals surface area contributed by atoms with E-state index in [0.717, 1.165) is 41.3 Å². The summed E-state index contributed by atoms with van der Waals surface area (Å²) in [7, 11) is 1.65. The van der Waals surface area contributed by atoms with E-state index >= 15 is 0 Å². The number of carbonyl (C=O) groups is 1. The van der Waals surface area contributed by atoms with E-state index in [1.165, 1.54) is 0 Å². The lowest BCUT2D eigenvalue weighted by Gasteiger charge is -2.35. The van der Waals surface area contributed by atoms with Crippen LogP contribution in [0.15, 0.2) is 36.5 Å². The Hall–Kier alpha value is -2.80. The van der Waals surface area contributed by atoms with Gasteiger partial charge in [0.1, 0.15) is 11.6 Å². The highest BCUT2D eigenvalue weighted by Crippen LogP contribution is 2.30. The average molecular weight is 371 g/mol. The van der Waals surface area contributed by atoms with Crippen molar-refractivity contribution in [3.05, 3.63) is 41.6 Å². The molecule has 0 bridgehead atoms. The zero-order chi connectivity index (χ0) is 18.1. The number of H-pyrrole nitrogens is 1. The van der Waals surface area contributed by atoms with Crippen LogP contribution in [-0.2, 0) is 0 Å². The van der Waals surface area contributed by atoms with Gasteiger partial charge in [-0.15, -0.1) is 0 Å². The molecule has 26 heavy (non-hydrogen) atoms. The standard InChI is InChI=1S/C18H19ClN6O/c1-20-18(26)25-8-6-24(7-9-25)16-10-12(13(19)11-21-16)17-22-14-4-2-3-5-15(14)23-17/h2-5,10-11H,6-9H2,1H3,(H,20,26)(H,22,23). The highest BCUT2D eigenvalue weighted by molar-refractivity contribution is 6.33. The number of aromatic amines is 1. The lowest BCUT2D eigenvalue weighted by molar-refractivity contribution is 0.196. The Morgan fingerprint density at radius 1 is 1.23 bits per heavy atom. The summed E-state index contributed by atoms with van der Waals surface area (Å²) in [4.78, 5) is 28.1. The number of hydrogen-bond acceptors (Lipinski definition) is 4. The fraction of sp³-hybridized carbons (Fsp3) is 0.278. The summed E-state index contributed by atoms with van der Waals surface area (Å²) in [5, 5.41) is 3.22. The maximum atomic E-state index is 11.7. The van der Waals surface area contributed by atoms with Crippen LogP contribution in [0, 0.1) is 0 Å². The van der Waals surface area contributed by atoms with Crippen molar-refractivity contribution in [3.8, 4) is 11.4 Å². The fourth-order valence-electron chi connectivity index (χ4n) is 3.16. The van der Waals surface area contributed by atoms with E-state index in [0.29, 0.717) is 18.1 Å². The first kappa shape index (κ1) is 16.7. The van der Waals surface area contributed by atoms with Gasteiger partial charge in [0.15, 0.2) is 0 Å². The van der Waals surface area contributed by atoms with E-state index in [-0.39, 0.29) is 6.03 Å². The molecule has 0 atom stereocenters.